The molecule has 5 nitrogen and oxygen atoms in total. The predicted octanol–water partition coefficient (Wildman–Crippen LogP) is 4.37. The molecule has 1 aliphatic rings. The van der Waals surface area contributed by atoms with E-state index in [1.807, 2.05) is 6.92 Å². The molecular weight excluding hydrogens is 335 g/mol. The van der Waals surface area contributed by atoms with Crippen LogP contribution in [0.1, 0.15) is 29.3 Å². The summed E-state index contributed by atoms with van der Waals surface area (Å²) in [7, 11) is 0. The Hall–Kier alpha value is -2.47. The van der Waals surface area contributed by atoms with Crippen LogP contribution in [0.3, 0.4) is 0 Å². The zero-order valence-electron chi connectivity index (χ0n) is 12.8. The summed E-state index contributed by atoms with van der Waals surface area (Å²) < 4.78 is 13.4. The van der Waals surface area contributed by atoms with Crippen LogP contribution in [0.15, 0.2) is 36.4 Å². The first-order valence-corrected chi connectivity index (χ1v) is 7.82. The van der Waals surface area contributed by atoms with Crippen molar-refractivity contribution in [1.29, 1.82) is 0 Å². The van der Waals surface area contributed by atoms with E-state index in [-0.39, 0.29) is 34.0 Å². The topological polar surface area (TPSA) is 63.5 Å². The van der Waals surface area contributed by atoms with Gasteiger partial charge in [-0.1, -0.05) is 11.6 Å². The highest BCUT2D eigenvalue weighted by Gasteiger charge is 2.30. The number of amides is 1. The third-order valence-electron chi connectivity index (χ3n) is 4.19. The van der Waals surface area contributed by atoms with Gasteiger partial charge in [-0.05, 0) is 49.6 Å². The average molecular weight is 349 g/mol. The fraction of sp³-hybridized carbons (Fsp3) is 0.235. The summed E-state index contributed by atoms with van der Waals surface area (Å²) in [5, 5.41) is 10.8. The monoisotopic (exact) mass is 348 g/mol. The minimum atomic E-state index is -0.568. The van der Waals surface area contributed by atoms with Crippen molar-refractivity contribution in [2.75, 3.05) is 4.90 Å². The second-order valence-electron chi connectivity index (χ2n) is 5.76. The molecule has 0 saturated carbocycles. The summed E-state index contributed by atoms with van der Waals surface area (Å²) in [4.78, 5) is 24.7. The Bertz CT molecular complexity index is 841. The molecule has 24 heavy (non-hydrogen) atoms. The minimum absolute atomic E-state index is 0.0237. The highest BCUT2D eigenvalue weighted by Crippen LogP contribution is 2.34. The van der Waals surface area contributed by atoms with Gasteiger partial charge in [0.1, 0.15) is 5.82 Å². The van der Waals surface area contributed by atoms with E-state index >= 15 is 0 Å². The van der Waals surface area contributed by atoms with Crippen LogP contribution < -0.4 is 4.90 Å². The van der Waals surface area contributed by atoms with Crippen LogP contribution in [0.5, 0.6) is 0 Å². The Kier molecular flexibility index (Phi) is 4.24. The average Bonchev–Trinajstić information content (AvgIpc) is 2.54. The maximum atomic E-state index is 13.4. The van der Waals surface area contributed by atoms with Crippen molar-refractivity contribution in [3.05, 3.63) is 68.5 Å². The van der Waals surface area contributed by atoms with Crippen molar-refractivity contribution in [2.45, 2.75) is 25.8 Å². The van der Waals surface area contributed by atoms with E-state index in [4.69, 9.17) is 11.6 Å². The Labute approximate surface area is 142 Å². The van der Waals surface area contributed by atoms with E-state index in [2.05, 4.69) is 0 Å². The maximum Gasteiger partial charge on any atom is 0.270 e. The van der Waals surface area contributed by atoms with Crippen LogP contribution in [0.4, 0.5) is 15.8 Å². The van der Waals surface area contributed by atoms with Gasteiger partial charge in [-0.25, -0.2) is 4.39 Å². The molecule has 0 fully saturated rings. The number of nitro benzene ring substituents is 1. The number of carbonyl (C=O) groups excluding carboxylic acids is 1. The van der Waals surface area contributed by atoms with E-state index in [0.29, 0.717) is 18.5 Å². The van der Waals surface area contributed by atoms with Gasteiger partial charge in [-0.3, -0.25) is 14.9 Å². The quantitative estimate of drug-likeness (QED) is 0.598. The molecule has 0 spiro atoms. The minimum Gasteiger partial charge on any atom is -0.305 e. The molecule has 7 heteroatoms. The lowest BCUT2D eigenvalue weighted by Gasteiger charge is -2.35. The summed E-state index contributed by atoms with van der Waals surface area (Å²) >= 11 is 6.08. The zero-order chi connectivity index (χ0) is 17.4. The Balaban J connectivity index is 2.03. The number of carbonyl (C=O) groups is 1. The largest absolute Gasteiger partial charge is 0.305 e. The summed E-state index contributed by atoms with van der Waals surface area (Å²) in [6.45, 7) is 1.91. The third-order valence-corrected chi connectivity index (χ3v) is 4.50. The molecule has 3 rings (SSSR count). The molecule has 0 saturated heterocycles. The number of aryl methyl sites for hydroxylation is 1. The van der Waals surface area contributed by atoms with Crippen molar-refractivity contribution in [3.63, 3.8) is 0 Å². The van der Waals surface area contributed by atoms with Crippen molar-refractivity contribution < 1.29 is 14.1 Å². The first-order valence-electron chi connectivity index (χ1n) is 7.44. The summed E-state index contributed by atoms with van der Waals surface area (Å²) in [5.41, 5.74) is 1.42. The molecule has 1 aliphatic heterocycles. The lowest BCUT2D eigenvalue weighted by atomic mass is 9.95. The van der Waals surface area contributed by atoms with Crippen LogP contribution in [-0.2, 0) is 6.42 Å². The SMILES string of the molecule is CC1CCc2cc(F)ccc2N1C(=O)c1ccc([N+](=O)[O-])cc1Cl. The summed E-state index contributed by atoms with van der Waals surface area (Å²) in [6.07, 6.45) is 1.39. The molecule has 2 aromatic carbocycles. The molecule has 124 valence electrons. The fourth-order valence-electron chi connectivity index (χ4n) is 2.95. The number of hydrogen-bond acceptors (Lipinski definition) is 3. The van der Waals surface area contributed by atoms with Crippen molar-refractivity contribution in [1.82, 2.24) is 0 Å². The molecule has 1 amide bonds. The second kappa shape index (κ2) is 6.20. The van der Waals surface area contributed by atoms with E-state index in [0.717, 1.165) is 11.6 Å². The Morgan fingerprint density at radius 3 is 2.75 bits per heavy atom. The molecule has 1 unspecified atom stereocenters. The lowest BCUT2D eigenvalue weighted by molar-refractivity contribution is -0.384. The van der Waals surface area contributed by atoms with Gasteiger partial charge >= 0.3 is 0 Å². The van der Waals surface area contributed by atoms with Gasteiger partial charge in [0.25, 0.3) is 11.6 Å². The number of rotatable bonds is 2. The second-order valence-corrected chi connectivity index (χ2v) is 6.16. The van der Waals surface area contributed by atoms with Crippen molar-refractivity contribution in [3.8, 4) is 0 Å². The van der Waals surface area contributed by atoms with Crippen molar-refractivity contribution in [2.24, 2.45) is 0 Å². The molecule has 1 heterocycles. The van der Waals surface area contributed by atoms with Gasteiger partial charge in [-0.2, -0.15) is 0 Å². The predicted molar refractivity (Wildman–Crippen MR) is 89.1 cm³/mol. The number of benzene rings is 2. The van der Waals surface area contributed by atoms with Crippen LogP contribution in [0, 0.1) is 15.9 Å². The number of halogens is 2. The first-order chi connectivity index (χ1) is 11.4. The van der Waals surface area contributed by atoms with Gasteiger partial charge in [0.05, 0.1) is 15.5 Å². The molecule has 0 N–H and O–H groups in total. The van der Waals surface area contributed by atoms with Gasteiger partial charge in [0.15, 0.2) is 0 Å². The maximum absolute atomic E-state index is 13.4. The van der Waals surface area contributed by atoms with E-state index < -0.39 is 4.92 Å². The molecule has 0 aliphatic carbocycles. The Morgan fingerprint density at radius 1 is 1.33 bits per heavy atom. The molecular formula is C17H14ClFN2O3. The van der Waals surface area contributed by atoms with Crippen molar-refractivity contribution >= 4 is 28.9 Å². The molecule has 0 aromatic heterocycles. The zero-order valence-corrected chi connectivity index (χ0v) is 13.6. The van der Waals surface area contributed by atoms with Crippen LogP contribution >= 0.6 is 11.6 Å². The third kappa shape index (κ3) is 2.85. The molecule has 2 aromatic rings. The van der Waals surface area contributed by atoms with Crippen LogP contribution in [0.2, 0.25) is 5.02 Å². The van der Waals surface area contributed by atoms with E-state index in [9.17, 15) is 19.3 Å². The smallest absolute Gasteiger partial charge is 0.270 e. The van der Waals surface area contributed by atoms with Gasteiger partial charge in [-0.15, -0.1) is 0 Å². The number of nitrogens with zero attached hydrogens (tertiary/aromatic N) is 2. The highest BCUT2D eigenvalue weighted by atomic mass is 35.5. The van der Waals surface area contributed by atoms with E-state index in [1.54, 1.807) is 11.0 Å². The number of hydrogen-bond donors (Lipinski definition) is 0. The van der Waals surface area contributed by atoms with Gasteiger partial charge < -0.3 is 4.90 Å². The summed E-state index contributed by atoms with van der Waals surface area (Å²) in [5.74, 6) is -0.695. The number of nitro groups is 1. The normalized spacial score (nSPS) is 16.6. The molecule has 0 bridgehead atoms. The Morgan fingerprint density at radius 2 is 2.08 bits per heavy atom. The van der Waals surface area contributed by atoms with Gasteiger partial charge in [0, 0.05) is 23.9 Å². The number of non-ortho nitro benzene ring substituents is 1. The molecule has 0 radical (unpaired) electrons. The lowest BCUT2D eigenvalue weighted by Crippen LogP contribution is -2.42. The summed E-state index contributed by atoms with van der Waals surface area (Å²) in [6, 6.07) is 8.01. The van der Waals surface area contributed by atoms with Crippen LogP contribution in [-0.4, -0.2) is 16.9 Å². The fourth-order valence-corrected chi connectivity index (χ4v) is 3.21. The molecule has 1 atom stereocenters. The van der Waals surface area contributed by atoms with E-state index in [1.165, 1.54) is 24.3 Å². The van der Waals surface area contributed by atoms with Gasteiger partial charge in [0.2, 0.25) is 0 Å². The number of fused-ring (bicyclic) bond motifs is 1. The van der Waals surface area contributed by atoms with Crippen LogP contribution in [0.25, 0.3) is 0 Å². The first kappa shape index (κ1) is 16.4. The number of anilines is 1. The standard InChI is InChI=1S/C17H14ClFN2O3/c1-10-2-3-11-8-12(19)4-7-16(11)20(10)17(22)14-6-5-13(21(23)24)9-15(14)18/h4-10H,2-3H2,1H3. The highest BCUT2D eigenvalue weighted by molar-refractivity contribution is 6.34.